The molecule has 0 radical (unpaired) electrons. The Balaban J connectivity index is 2.14. The van der Waals surface area contributed by atoms with Crippen LogP contribution in [0, 0.1) is 20.8 Å². The Labute approximate surface area is 266 Å². The number of aryl methyl sites for hydroxylation is 3. The van der Waals surface area contributed by atoms with Gasteiger partial charge in [-0.2, -0.15) is 0 Å². The first kappa shape index (κ1) is 35.0. The number of hydrogen-bond donors (Lipinski definition) is 4. The van der Waals surface area contributed by atoms with Crippen molar-refractivity contribution in [3.05, 3.63) is 88.5 Å². The number of para-hydroxylation sites is 2. The molecule has 45 heavy (non-hydrogen) atoms. The van der Waals surface area contributed by atoms with Gasteiger partial charge in [0.25, 0.3) is 5.91 Å². The summed E-state index contributed by atoms with van der Waals surface area (Å²) in [6.45, 7) is 13.0. The van der Waals surface area contributed by atoms with Crippen molar-refractivity contribution in [2.45, 2.75) is 91.8 Å². The maximum absolute atomic E-state index is 14.7. The molecule has 3 aromatic carbocycles. The lowest BCUT2D eigenvalue weighted by Gasteiger charge is -2.35. The summed E-state index contributed by atoms with van der Waals surface area (Å²) in [5.41, 5.74) is 3.07. The van der Waals surface area contributed by atoms with Gasteiger partial charge in [0.05, 0.1) is 0 Å². The van der Waals surface area contributed by atoms with E-state index in [1.54, 1.807) is 58.0 Å². The van der Waals surface area contributed by atoms with E-state index in [0.29, 0.717) is 23.2 Å². The van der Waals surface area contributed by atoms with Crippen LogP contribution in [0.5, 0.6) is 11.5 Å². The number of ether oxygens (including phenoxy) is 1. The topological polar surface area (TPSA) is 128 Å². The number of carbonyl (C=O) groups excluding carboxylic acids is 3. The zero-order chi connectivity index (χ0) is 33.3. The molecule has 3 aromatic rings. The highest BCUT2D eigenvalue weighted by Gasteiger charge is 2.38. The van der Waals surface area contributed by atoms with E-state index in [9.17, 15) is 24.6 Å². The summed E-state index contributed by atoms with van der Waals surface area (Å²) in [5.74, 6) is -1.00. The quantitative estimate of drug-likeness (QED) is 0.165. The Morgan fingerprint density at radius 2 is 1.47 bits per heavy atom. The van der Waals surface area contributed by atoms with Crippen LogP contribution >= 0.6 is 0 Å². The molecule has 0 aliphatic rings. The van der Waals surface area contributed by atoms with E-state index in [1.807, 2.05) is 39.0 Å². The highest BCUT2D eigenvalue weighted by atomic mass is 16.6. The van der Waals surface area contributed by atoms with Crippen molar-refractivity contribution < 1.29 is 29.3 Å². The molecular formula is C36H47N3O6. The number of unbranched alkanes of at least 4 members (excludes halogenated alkanes) is 2. The van der Waals surface area contributed by atoms with Crippen molar-refractivity contribution in [2.24, 2.45) is 0 Å². The number of hydrogen-bond acceptors (Lipinski definition) is 6. The van der Waals surface area contributed by atoms with Gasteiger partial charge in [0.15, 0.2) is 0 Å². The number of phenols is 2. The molecular weight excluding hydrogens is 570 g/mol. The molecule has 0 fully saturated rings. The first-order valence-electron chi connectivity index (χ1n) is 15.4. The number of alkyl carbamates (subject to hydrolysis) is 1. The summed E-state index contributed by atoms with van der Waals surface area (Å²) >= 11 is 0. The molecule has 4 N–H and O–H groups in total. The maximum atomic E-state index is 14.7. The molecule has 3 rings (SSSR count). The monoisotopic (exact) mass is 617 g/mol. The molecule has 242 valence electrons. The number of nitrogens with zero attached hydrogens (tertiary/aromatic N) is 1. The average molecular weight is 618 g/mol. The molecule has 3 amide bonds. The zero-order valence-electron chi connectivity index (χ0n) is 27.4. The minimum Gasteiger partial charge on any atom is -0.508 e. The molecule has 2 unspecified atom stereocenters. The second-order valence-corrected chi connectivity index (χ2v) is 12.5. The van der Waals surface area contributed by atoms with Crippen molar-refractivity contribution in [2.75, 3.05) is 11.9 Å². The van der Waals surface area contributed by atoms with Gasteiger partial charge in [-0.15, -0.1) is 0 Å². The second-order valence-electron chi connectivity index (χ2n) is 12.5. The molecule has 0 bridgehead atoms. The predicted molar refractivity (Wildman–Crippen MR) is 176 cm³/mol. The Kier molecular flexibility index (Phi) is 12.0. The van der Waals surface area contributed by atoms with Crippen LogP contribution in [0.4, 0.5) is 10.5 Å². The summed E-state index contributed by atoms with van der Waals surface area (Å²) in [4.78, 5) is 43.5. The van der Waals surface area contributed by atoms with Gasteiger partial charge in [-0.25, -0.2) is 4.79 Å². The van der Waals surface area contributed by atoms with E-state index in [0.717, 1.165) is 24.0 Å². The molecule has 2 atom stereocenters. The highest BCUT2D eigenvalue weighted by Crippen LogP contribution is 2.34. The van der Waals surface area contributed by atoms with Crippen LogP contribution in [0.3, 0.4) is 0 Å². The molecule has 9 nitrogen and oxygen atoms in total. The standard InChI is InChI=1S/C36H47N3O6/c1-8-9-10-21-39(34(43)29(37-35(44)45-36(5,6)7)22-26-17-19-27(40)20-18-26)31(28-16-12-15-25(4)32(28)41)33(42)38-30-23(2)13-11-14-24(30)3/h11-20,29,31,40-41H,8-10,21-22H2,1-7H3,(H,37,44)(H,38,42). The zero-order valence-corrected chi connectivity index (χ0v) is 27.4. The van der Waals surface area contributed by atoms with E-state index < -0.39 is 35.6 Å². The first-order valence-corrected chi connectivity index (χ1v) is 15.4. The van der Waals surface area contributed by atoms with Gasteiger partial charge in [-0.1, -0.05) is 68.3 Å². The summed E-state index contributed by atoms with van der Waals surface area (Å²) in [7, 11) is 0. The van der Waals surface area contributed by atoms with Crippen molar-refractivity contribution in [3.8, 4) is 11.5 Å². The van der Waals surface area contributed by atoms with Gasteiger partial charge in [0, 0.05) is 24.2 Å². The fourth-order valence-electron chi connectivity index (χ4n) is 5.17. The highest BCUT2D eigenvalue weighted by molar-refractivity contribution is 6.00. The number of rotatable bonds is 12. The maximum Gasteiger partial charge on any atom is 0.408 e. The third-order valence-corrected chi connectivity index (χ3v) is 7.50. The van der Waals surface area contributed by atoms with Crippen LogP contribution in [-0.2, 0) is 20.7 Å². The Bertz CT molecular complexity index is 1460. The lowest BCUT2D eigenvalue weighted by atomic mass is 9.97. The Morgan fingerprint density at radius 3 is 2.07 bits per heavy atom. The van der Waals surface area contributed by atoms with Crippen molar-refractivity contribution in [1.29, 1.82) is 0 Å². The average Bonchev–Trinajstić information content (AvgIpc) is 2.96. The van der Waals surface area contributed by atoms with Crippen LogP contribution in [-0.4, -0.2) is 51.2 Å². The van der Waals surface area contributed by atoms with Crippen molar-refractivity contribution in [3.63, 3.8) is 0 Å². The van der Waals surface area contributed by atoms with Gasteiger partial charge < -0.3 is 30.5 Å². The third-order valence-electron chi connectivity index (χ3n) is 7.50. The smallest absolute Gasteiger partial charge is 0.408 e. The molecule has 9 heteroatoms. The van der Waals surface area contributed by atoms with E-state index in [-0.39, 0.29) is 30.0 Å². The minimum absolute atomic E-state index is 0.0704. The Hall–Kier alpha value is -4.53. The van der Waals surface area contributed by atoms with Gasteiger partial charge in [0.1, 0.15) is 29.2 Å². The van der Waals surface area contributed by atoms with Crippen LogP contribution in [0.2, 0.25) is 0 Å². The van der Waals surface area contributed by atoms with Crippen LogP contribution in [0.25, 0.3) is 0 Å². The fraction of sp³-hybridized carbons (Fsp3) is 0.417. The first-order chi connectivity index (χ1) is 21.2. The number of nitrogens with one attached hydrogen (secondary N) is 2. The van der Waals surface area contributed by atoms with Crippen LogP contribution in [0.1, 0.15) is 80.8 Å². The lowest BCUT2D eigenvalue weighted by Crippen LogP contribution is -2.53. The minimum atomic E-state index is -1.21. The molecule has 0 aliphatic carbocycles. The predicted octanol–water partition coefficient (Wildman–Crippen LogP) is 6.86. The summed E-state index contributed by atoms with van der Waals surface area (Å²) < 4.78 is 5.51. The number of anilines is 1. The Morgan fingerprint density at radius 1 is 0.867 bits per heavy atom. The molecule has 0 heterocycles. The number of aromatic hydroxyl groups is 2. The normalized spacial score (nSPS) is 12.6. The van der Waals surface area contributed by atoms with E-state index in [4.69, 9.17) is 4.74 Å². The number of phenolic OH excluding ortho intramolecular Hbond substituents is 2. The summed E-state index contributed by atoms with van der Waals surface area (Å²) in [6, 6.07) is 14.8. The number of amides is 3. The van der Waals surface area contributed by atoms with Gasteiger partial charge in [-0.3, -0.25) is 9.59 Å². The van der Waals surface area contributed by atoms with E-state index in [1.165, 1.54) is 17.0 Å². The fourth-order valence-corrected chi connectivity index (χ4v) is 5.17. The lowest BCUT2D eigenvalue weighted by molar-refractivity contribution is -0.141. The van der Waals surface area contributed by atoms with Crippen LogP contribution < -0.4 is 10.6 Å². The largest absolute Gasteiger partial charge is 0.508 e. The van der Waals surface area contributed by atoms with Gasteiger partial charge >= 0.3 is 6.09 Å². The van der Waals surface area contributed by atoms with E-state index in [2.05, 4.69) is 10.6 Å². The number of benzene rings is 3. The SMILES string of the molecule is CCCCCN(C(=O)C(Cc1ccc(O)cc1)NC(=O)OC(C)(C)C)C(C(=O)Nc1c(C)cccc1C)c1cccc(C)c1O. The molecule has 0 saturated carbocycles. The van der Waals surface area contributed by atoms with Gasteiger partial charge in [-0.05, 0) is 82.3 Å². The summed E-state index contributed by atoms with van der Waals surface area (Å²) in [6.07, 6.45) is 1.58. The molecule has 0 saturated heterocycles. The van der Waals surface area contributed by atoms with Crippen molar-refractivity contribution >= 4 is 23.6 Å². The molecule has 0 spiro atoms. The van der Waals surface area contributed by atoms with E-state index >= 15 is 0 Å². The van der Waals surface area contributed by atoms with Crippen LogP contribution in [0.15, 0.2) is 60.7 Å². The summed E-state index contributed by atoms with van der Waals surface area (Å²) in [5, 5.41) is 26.8. The molecule has 0 aromatic heterocycles. The van der Waals surface area contributed by atoms with Gasteiger partial charge in [0.2, 0.25) is 5.91 Å². The third kappa shape index (κ3) is 9.73. The van der Waals surface area contributed by atoms with Crippen molar-refractivity contribution in [1.82, 2.24) is 10.2 Å². The second kappa shape index (κ2) is 15.5. The molecule has 0 aliphatic heterocycles. The number of carbonyl (C=O) groups is 3.